The molecule has 1 heterocycles. The Morgan fingerprint density at radius 2 is 2.00 bits per heavy atom. The number of anilines is 1. The zero-order chi connectivity index (χ0) is 14.2. The van der Waals surface area contributed by atoms with Crippen molar-refractivity contribution in [1.29, 1.82) is 0 Å². The molecule has 1 N–H and O–H groups in total. The summed E-state index contributed by atoms with van der Waals surface area (Å²) >= 11 is 0. The molecule has 0 bridgehead atoms. The van der Waals surface area contributed by atoms with Crippen LogP contribution in [0.3, 0.4) is 0 Å². The maximum atomic E-state index is 11.6. The molecule has 1 aliphatic rings. The fraction of sp³-hybridized carbons (Fsp3) is 0.500. The van der Waals surface area contributed by atoms with Crippen LogP contribution in [-0.4, -0.2) is 57.6 Å². The molecule has 0 unspecified atom stereocenters. The lowest BCUT2D eigenvalue weighted by Gasteiger charge is -2.26. The molecule has 20 heavy (non-hydrogen) atoms. The standard InChI is InChI=1S/C14H20N2O4/c1-18-13-4-2-12(3-5-13)15-14(17)20-11-8-16-6-9-19-10-7-16/h2-5H,6-11H2,1H3,(H,15,17). The van der Waals surface area contributed by atoms with Crippen LogP contribution in [0.4, 0.5) is 10.5 Å². The summed E-state index contributed by atoms with van der Waals surface area (Å²) in [5, 5.41) is 2.67. The lowest BCUT2D eigenvalue weighted by atomic mass is 10.3. The monoisotopic (exact) mass is 280 g/mol. The number of hydrogen-bond donors (Lipinski definition) is 1. The van der Waals surface area contributed by atoms with E-state index >= 15 is 0 Å². The first-order valence-electron chi connectivity index (χ1n) is 6.66. The predicted octanol–water partition coefficient (Wildman–Crippen LogP) is 1.58. The van der Waals surface area contributed by atoms with Gasteiger partial charge in [-0.2, -0.15) is 0 Å². The van der Waals surface area contributed by atoms with Crippen molar-refractivity contribution in [2.75, 3.05) is 51.9 Å². The van der Waals surface area contributed by atoms with Gasteiger partial charge in [-0.15, -0.1) is 0 Å². The van der Waals surface area contributed by atoms with Gasteiger partial charge in [-0.3, -0.25) is 10.2 Å². The van der Waals surface area contributed by atoms with Gasteiger partial charge in [0.05, 0.1) is 20.3 Å². The van der Waals surface area contributed by atoms with Crippen molar-refractivity contribution >= 4 is 11.8 Å². The smallest absolute Gasteiger partial charge is 0.411 e. The van der Waals surface area contributed by atoms with Crippen LogP contribution in [-0.2, 0) is 9.47 Å². The van der Waals surface area contributed by atoms with Crippen LogP contribution in [0.15, 0.2) is 24.3 Å². The van der Waals surface area contributed by atoms with Crippen molar-refractivity contribution in [3.05, 3.63) is 24.3 Å². The van der Waals surface area contributed by atoms with Crippen molar-refractivity contribution in [2.45, 2.75) is 0 Å². The quantitative estimate of drug-likeness (QED) is 0.887. The third-order valence-corrected chi connectivity index (χ3v) is 3.08. The van der Waals surface area contributed by atoms with Gasteiger partial charge in [0.1, 0.15) is 12.4 Å². The summed E-state index contributed by atoms with van der Waals surface area (Å²) in [6.45, 7) is 4.39. The lowest BCUT2D eigenvalue weighted by molar-refractivity contribution is 0.0290. The second-order valence-electron chi connectivity index (χ2n) is 4.44. The van der Waals surface area contributed by atoms with Gasteiger partial charge in [-0.25, -0.2) is 4.79 Å². The molecule has 2 rings (SSSR count). The highest BCUT2D eigenvalue weighted by molar-refractivity contribution is 5.84. The van der Waals surface area contributed by atoms with E-state index in [0.717, 1.165) is 38.6 Å². The van der Waals surface area contributed by atoms with E-state index in [2.05, 4.69) is 10.2 Å². The molecule has 1 aliphatic heterocycles. The number of carbonyl (C=O) groups is 1. The molecule has 1 fully saturated rings. The summed E-state index contributed by atoms with van der Waals surface area (Å²) in [4.78, 5) is 13.8. The van der Waals surface area contributed by atoms with Gasteiger partial charge >= 0.3 is 6.09 Å². The van der Waals surface area contributed by atoms with Gasteiger partial charge in [0.15, 0.2) is 0 Å². The predicted molar refractivity (Wildman–Crippen MR) is 75.2 cm³/mol. The van der Waals surface area contributed by atoms with E-state index in [4.69, 9.17) is 14.2 Å². The number of nitrogens with one attached hydrogen (secondary N) is 1. The third kappa shape index (κ3) is 4.71. The average Bonchev–Trinajstić information content (AvgIpc) is 2.49. The van der Waals surface area contributed by atoms with E-state index in [1.807, 2.05) is 0 Å². The number of morpholine rings is 1. The van der Waals surface area contributed by atoms with E-state index in [1.54, 1.807) is 31.4 Å². The molecule has 1 aromatic rings. The van der Waals surface area contributed by atoms with Crippen molar-refractivity contribution in [2.24, 2.45) is 0 Å². The molecule has 1 aromatic carbocycles. The van der Waals surface area contributed by atoms with Crippen LogP contribution < -0.4 is 10.1 Å². The number of amides is 1. The average molecular weight is 280 g/mol. The van der Waals surface area contributed by atoms with E-state index in [1.165, 1.54) is 0 Å². The molecule has 0 spiro atoms. The summed E-state index contributed by atoms with van der Waals surface area (Å²) in [6, 6.07) is 7.09. The molecule has 0 saturated carbocycles. The number of methoxy groups -OCH3 is 1. The Kier molecular flexibility index (Phi) is 5.64. The van der Waals surface area contributed by atoms with E-state index in [-0.39, 0.29) is 0 Å². The zero-order valence-corrected chi connectivity index (χ0v) is 11.6. The van der Waals surface area contributed by atoms with Crippen LogP contribution in [0.5, 0.6) is 5.75 Å². The van der Waals surface area contributed by atoms with Crippen LogP contribution in [0.2, 0.25) is 0 Å². The molecule has 1 saturated heterocycles. The fourth-order valence-corrected chi connectivity index (χ4v) is 1.92. The highest BCUT2D eigenvalue weighted by atomic mass is 16.5. The molecule has 0 radical (unpaired) electrons. The molecule has 0 aromatic heterocycles. The fourth-order valence-electron chi connectivity index (χ4n) is 1.92. The maximum Gasteiger partial charge on any atom is 0.411 e. The largest absolute Gasteiger partial charge is 0.497 e. The molecular formula is C14H20N2O4. The van der Waals surface area contributed by atoms with E-state index in [9.17, 15) is 4.79 Å². The molecule has 6 nitrogen and oxygen atoms in total. The first-order chi connectivity index (χ1) is 9.78. The van der Waals surface area contributed by atoms with E-state index in [0.29, 0.717) is 12.3 Å². The summed E-state index contributed by atoms with van der Waals surface area (Å²) in [6.07, 6.45) is -0.441. The Balaban J connectivity index is 1.66. The number of nitrogens with zero attached hydrogens (tertiary/aromatic N) is 1. The number of hydrogen-bond acceptors (Lipinski definition) is 5. The highest BCUT2D eigenvalue weighted by Crippen LogP contribution is 2.14. The van der Waals surface area contributed by atoms with Gasteiger partial charge in [0.25, 0.3) is 0 Å². The normalized spacial score (nSPS) is 15.7. The lowest BCUT2D eigenvalue weighted by Crippen LogP contribution is -2.38. The van der Waals surface area contributed by atoms with Crippen LogP contribution in [0, 0.1) is 0 Å². The summed E-state index contributed by atoms with van der Waals surface area (Å²) in [5.41, 5.74) is 0.683. The minimum atomic E-state index is -0.441. The minimum absolute atomic E-state index is 0.377. The molecule has 0 aliphatic carbocycles. The Morgan fingerprint density at radius 1 is 1.30 bits per heavy atom. The van der Waals surface area contributed by atoms with E-state index < -0.39 is 6.09 Å². The van der Waals surface area contributed by atoms with Gasteiger partial charge < -0.3 is 14.2 Å². The molecule has 1 amide bonds. The Morgan fingerprint density at radius 3 is 2.65 bits per heavy atom. The second-order valence-corrected chi connectivity index (χ2v) is 4.44. The van der Waals surface area contributed by atoms with Crippen molar-refractivity contribution in [1.82, 2.24) is 4.90 Å². The molecular weight excluding hydrogens is 260 g/mol. The van der Waals surface area contributed by atoms with Crippen molar-refractivity contribution in [3.8, 4) is 5.75 Å². The number of ether oxygens (including phenoxy) is 3. The Bertz CT molecular complexity index is 416. The van der Waals surface area contributed by atoms with Gasteiger partial charge in [-0.05, 0) is 24.3 Å². The van der Waals surface area contributed by atoms with Crippen molar-refractivity contribution in [3.63, 3.8) is 0 Å². The van der Waals surface area contributed by atoms with Crippen LogP contribution in [0.1, 0.15) is 0 Å². The summed E-state index contributed by atoms with van der Waals surface area (Å²) in [5.74, 6) is 0.747. The topological polar surface area (TPSA) is 60.0 Å². The maximum absolute atomic E-state index is 11.6. The number of benzene rings is 1. The number of rotatable bonds is 5. The first kappa shape index (κ1) is 14.6. The first-order valence-corrected chi connectivity index (χ1v) is 6.66. The molecule has 6 heteroatoms. The van der Waals surface area contributed by atoms with Gasteiger partial charge in [-0.1, -0.05) is 0 Å². The Hall–Kier alpha value is -1.79. The van der Waals surface area contributed by atoms with Gasteiger partial charge in [0.2, 0.25) is 0 Å². The second kappa shape index (κ2) is 7.72. The SMILES string of the molecule is COc1ccc(NC(=O)OCCN2CCOCC2)cc1. The minimum Gasteiger partial charge on any atom is -0.497 e. The van der Waals surface area contributed by atoms with Crippen molar-refractivity contribution < 1.29 is 19.0 Å². The third-order valence-electron chi connectivity index (χ3n) is 3.08. The highest BCUT2D eigenvalue weighted by Gasteiger charge is 2.11. The number of carbonyl (C=O) groups excluding carboxylic acids is 1. The summed E-state index contributed by atoms with van der Waals surface area (Å²) in [7, 11) is 1.60. The summed E-state index contributed by atoms with van der Waals surface area (Å²) < 4.78 is 15.4. The van der Waals surface area contributed by atoms with Crippen LogP contribution >= 0.6 is 0 Å². The van der Waals surface area contributed by atoms with Gasteiger partial charge in [0, 0.05) is 25.3 Å². The Labute approximate surface area is 118 Å². The molecule has 0 atom stereocenters. The van der Waals surface area contributed by atoms with Crippen LogP contribution in [0.25, 0.3) is 0 Å². The zero-order valence-electron chi connectivity index (χ0n) is 11.6. The molecule has 110 valence electrons.